The number of carbonyl (C=O) groups excluding carboxylic acids is 1. The van der Waals surface area contributed by atoms with E-state index >= 15 is 0 Å². The Kier molecular flexibility index (Phi) is 5.26. The second-order valence-electron chi connectivity index (χ2n) is 5.27. The fourth-order valence-electron chi connectivity index (χ4n) is 2.18. The molecule has 3 aromatic rings. The molecule has 0 saturated carbocycles. The average molecular weight is 337 g/mol. The van der Waals surface area contributed by atoms with Crippen LogP contribution < -0.4 is 10.6 Å². The van der Waals surface area contributed by atoms with Crippen molar-refractivity contribution in [1.29, 1.82) is 0 Å². The van der Waals surface area contributed by atoms with E-state index in [9.17, 15) is 9.18 Å². The van der Waals surface area contributed by atoms with E-state index in [1.54, 1.807) is 36.7 Å². The molecule has 3 rings (SSSR count). The van der Waals surface area contributed by atoms with Gasteiger partial charge in [-0.25, -0.2) is 14.4 Å². The number of halogens is 1. The maximum atomic E-state index is 13.6. The average Bonchev–Trinajstić information content (AvgIpc) is 2.66. The van der Waals surface area contributed by atoms with Gasteiger partial charge < -0.3 is 10.6 Å². The first-order valence-corrected chi connectivity index (χ1v) is 7.69. The fourth-order valence-corrected chi connectivity index (χ4v) is 2.18. The Labute approximate surface area is 144 Å². The molecule has 0 bridgehead atoms. The van der Waals surface area contributed by atoms with Crippen molar-refractivity contribution in [3.63, 3.8) is 0 Å². The van der Waals surface area contributed by atoms with Crippen LogP contribution in [0.15, 0.2) is 61.2 Å². The van der Waals surface area contributed by atoms with Gasteiger partial charge in [0, 0.05) is 37.1 Å². The zero-order valence-corrected chi connectivity index (χ0v) is 13.3. The highest BCUT2D eigenvalue weighted by Crippen LogP contribution is 2.08. The van der Waals surface area contributed by atoms with E-state index in [1.807, 2.05) is 12.1 Å². The van der Waals surface area contributed by atoms with Crippen LogP contribution in [0.25, 0.3) is 0 Å². The normalized spacial score (nSPS) is 10.3. The van der Waals surface area contributed by atoms with E-state index in [4.69, 9.17) is 0 Å². The summed E-state index contributed by atoms with van der Waals surface area (Å²) in [6.45, 7) is 0.644. The van der Waals surface area contributed by atoms with Crippen molar-refractivity contribution in [3.05, 3.63) is 83.8 Å². The minimum absolute atomic E-state index is 0.0925. The molecule has 0 unspecified atom stereocenters. The lowest BCUT2D eigenvalue weighted by Crippen LogP contribution is -2.24. The van der Waals surface area contributed by atoms with Crippen molar-refractivity contribution < 1.29 is 9.18 Å². The highest BCUT2D eigenvalue weighted by atomic mass is 19.1. The predicted octanol–water partition coefficient (Wildman–Crippen LogP) is 2.55. The standard InChI is InChI=1S/C18H16FN5O/c19-15-4-2-1-3-14(15)11-22-18(25)16-9-17(24-12-23-16)21-10-13-5-7-20-8-6-13/h1-9,12H,10-11H2,(H,22,25)(H,21,23,24). The Hall–Kier alpha value is -3.35. The maximum Gasteiger partial charge on any atom is 0.270 e. The molecule has 2 heterocycles. The number of amides is 1. The number of hydrogen-bond donors (Lipinski definition) is 2. The molecule has 0 aliphatic heterocycles. The van der Waals surface area contributed by atoms with Crippen LogP contribution in [0.3, 0.4) is 0 Å². The summed E-state index contributed by atoms with van der Waals surface area (Å²) in [6.07, 6.45) is 4.73. The van der Waals surface area contributed by atoms with Crippen LogP contribution in [-0.2, 0) is 13.1 Å². The van der Waals surface area contributed by atoms with Gasteiger partial charge in [-0.2, -0.15) is 0 Å². The van der Waals surface area contributed by atoms with Crippen molar-refractivity contribution in [2.75, 3.05) is 5.32 Å². The molecule has 1 amide bonds. The Bertz CT molecular complexity index is 857. The van der Waals surface area contributed by atoms with Crippen LogP contribution in [0, 0.1) is 5.82 Å². The lowest BCUT2D eigenvalue weighted by molar-refractivity contribution is 0.0945. The molecule has 1 aromatic carbocycles. The molecule has 0 radical (unpaired) electrons. The minimum atomic E-state index is -0.391. The summed E-state index contributed by atoms with van der Waals surface area (Å²) >= 11 is 0. The quantitative estimate of drug-likeness (QED) is 0.723. The SMILES string of the molecule is O=C(NCc1ccccc1F)c1cc(NCc2ccncc2)ncn1. The monoisotopic (exact) mass is 337 g/mol. The molecule has 0 spiro atoms. The number of pyridine rings is 1. The van der Waals surface area contributed by atoms with Crippen LogP contribution in [0.2, 0.25) is 0 Å². The molecule has 0 saturated heterocycles. The second-order valence-corrected chi connectivity index (χ2v) is 5.27. The van der Waals surface area contributed by atoms with E-state index in [-0.39, 0.29) is 18.1 Å². The maximum absolute atomic E-state index is 13.6. The molecule has 2 aromatic heterocycles. The molecule has 6 nitrogen and oxygen atoms in total. The number of hydrogen-bond acceptors (Lipinski definition) is 5. The number of rotatable bonds is 6. The van der Waals surface area contributed by atoms with Gasteiger partial charge >= 0.3 is 0 Å². The number of benzene rings is 1. The number of anilines is 1. The smallest absolute Gasteiger partial charge is 0.270 e. The van der Waals surface area contributed by atoms with Crippen LogP contribution in [0.5, 0.6) is 0 Å². The minimum Gasteiger partial charge on any atom is -0.366 e. The Morgan fingerprint density at radius 1 is 1.04 bits per heavy atom. The van der Waals surface area contributed by atoms with Crippen molar-refractivity contribution in [1.82, 2.24) is 20.3 Å². The van der Waals surface area contributed by atoms with Crippen molar-refractivity contribution in [3.8, 4) is 0 Å². The van der Waals surface area contributed by atoms with Crippen LogP contribution in [0.4, 0.5) is 10.2 Å². The largest absolute Gasteiger partial charge is 0.366 e. The summed E-state index contributed by atoms with van der Waals surface area (Å²) in [6, 6.07) is 11.6. The Balaban J connectivity index is 1.60. The third-order valence-electron chi connectivity index (χ3n) is 3.52. The van der Waals surface area contributed by atoms with Crippen LogP contribution >= 0.6 is 0 Å². The van der Waals surface area contributed by atoms with Crippen LogP contribution in [-0.4, -0.2) is 20.9 Å². The number of aromatic nitrogens is 3. The topological polar surface area (TPSA) is 79.8 Å². The van der Waals surface area contributed by atoms with Gasteiger partial charge in [0.1, 0.15) is 23.7 Å². The lowest BCUT2D eigenvalue weighted by Gasteiger charge is -2.08. The Morgan fingerprint density at radius 2 is 1.84 bits per heavy atom. The van der Waals surface area contributed by atoms with Crippen molar-refractivity contribution in [2.45, 2.75) is 13.1 Å². The first kappa shape index (κ1) is 16.5. The summed E-state index contributed by atoms with van der Waals surface area (Å²) in [7, 11) is 0. The number of carbonyl (C=O) groups is 1. The summed E-state index contributed by atoms with van der Waals surface area (Å²) < 4.78 is 13.6. The highest BCUT2D eigenvalue weighted by Gasteiger charge is 2.10. The molecule has 0 fully saturated rings. The lowest BCUT2D eigenvalue weighted by atomic mass is 10.2. The van der Waals surface area contributed by atoms with E-state index in [2.05, 4.69) is 25.6 Å². The summed E-state index contributed by atoms with van der Waals surface area (Å²) in [5.74, 6) is -0.217. The molecule has 126 valence electrons. The molecule has 0 aliphatic rings. The van der Waals surface area contributed by atoms with Gasteiger partial charge in [-0.1, -0.05) is 18.2 Å². The molecule has 0 aliphatic carbocycles. The number of nitrogens with one attached hydrogen (secondary N) is 2. The highest BCUT2D eigenvalue weighted by molar-refractivity contribution is 5.92. The molecule has 25 heavy (non-hydrogen) atoms. The van der Waals surface area contributed by atoms with Gasteiger partial charge in [-0.05, 0) is 23.8 Å². The number of nitrogens with zero attached hydrogens (tertiary/aromatic N) is 3. The molecular weight excluding hydrogens is 321 g/mol. The van der Waals surface area contributed by atoms with Gasteiger partial charge in [-0.3, -0.25) is 9.78 Å². The fraction of sp³-hybridized carbons (Fsp3) is 0.111. The van der Waals surface area contributed by atoms with Crippen LogP contribution in [0.1, 0.15) is 21.6 Å². The zero-order valence-electron chi connectivity index (χ0n) is 13.3. The van der Waals surface area contributed by atoms with Gasteiger partial charge in [0.2, 0.25) is 0 Å². The third kappa shape index (κ3) is 4.57. The predicted molar refractivity (Wildman–Crippen MR) is 91.2 cm³/mol. The molecule has 7 heteroatoms. The van der Waals surface area contributed by atoms with E-state index in [0.717, 1.165) is 5.56 Å². The van der Waals surface area contributed by atoms with E-state index in [0.29, 0.717) is 17.9 Å². The van der Waals surface area contributed by atoms with Crippen molar-refractivity contribution >= 4 is 11.7 Å². The van der Waals surface area contributed by atoms with E-state index < -0.39 is 5.91 Å². The van der Waals surface area contributed by atoms with Gasteiger partial charge in [0.05, 0.1) is 0 Å². The Morgan fingerprint density at radius 3 is 2.64 bits per heavy atom. The molecule has 2 N–H and O–H groups in total. The summed E-state index contributed by atoms with van der Waals surface area (Å²) in [5.41, 5.74) is 1.67. The molecular formula is C18H16FN5O. The summed E-state index contributed by atoms with van der Waals surface area (Å²) in [4.78, 5) is 24.2. The third-order valence-corrected chi connectivity index (χ3v) is 3.52. The summed E-state index contributed by atoms with van der Waals surface area (Å²) in [5, 5.41) is 5.77. The second kappa shape index (κ2) is 7.96. The first-order valence-electron chi connectivity index (χ1n) is 7.69. The van der Waals surface area contributed by atoms with E-state index in [1.165, 1.54) is 12.4 Å². The first-order chi connectivity index (χ1) is 12.2. The van der Waals surface area contributed by atoms with Gasteiger partial charge in [0.25, 0.3) is 5.91 Å². The van der Waals surface area contributed by atoms with Gasteiger partial charge in [0.15, 0.2) is 0 Å². The molecule has 0 atom stereocenters. The van der Waals surface area contributed by atoms with Gasteiger partial charge in [-0.15, -0.1) is 0 Å². The van der Waals surface area contributed by atoms with Crippen molar-refractivity contribution in [2.24, 2.45) is 0 Å². The zero-order chi connectivity index (χ0) is 17.5.